The van der Waals surface area contributed by atoms with Crippen molar-refractivity contribution in [1.82, 2.24) is 9.80 Å². The number of fused-ring (bicyclic) bond motifs is 2. The first-order chi connectivity index (χ1) is 11.5. The van der Waals surface area contributed by atoms with Crippen LogP contribution in [0.4, 0.5) is 0 Å². The summed E-state index contributed by atoms with van der Waals surface area (Å²) >= 11 is 1.54. The SMILES string of the molecule is Cc1ccc(C(=O)N2CCN(C(=O)C3C4CCC(C4)C3N)CC2)s1.Cl. The van der Waals surface area contributed by atoms with Gasteiger partial charge < -0.3 is 15.5 Å². The molecule has 0 aromatic carbocycles. The topological polar surface area (TPSA) is 66.6 Å². The number of carbonyl (C=O) groups is 2. The lowest BCUT2D eigenvalue weighted by molar-refractivity contribution is -0.139. The molecule has 2 heterocycles. The molecule has 2 aliphatic carbocycles. The van der Waals surface area contributed by atoms with Crippen molar-refractivity contribution < 1.29 is 9.59 Å². The Morgan fingerprint density at radius 2 is 1.72 bits per heavy atom. The number of hydrogen-bond donors (Lipinski definition) is 1. The van der Waals surface area contributed by atoms with E-state index in [1.54, 1.807) is 0 Å². The standard InChI is InChI=1S/C18H25N3O2S.ClH/c1-11-2-5-14(24-11)17(22)20-6-8-21(9-7-20)18(23)15-12-3-4-13(10-12)16(15)19;/h2,5,12-13,15-16H,3-4,6-10,19H2,1H3;1H. The molecule has 4 unspecified atom stereocenters. The molecule has 4 atom stereocenters. The number of carbonyl (C=O) groups excluding carboxylic acids is 2. The van der Waals surface area contributed by atoms with Gasteiger partial charge in [0, 0.05) is 37.1 Å². The number of thiophene rings is 1. The summed E-state index contributed by atoms with van der Waals surface area (Å²) in [7, 11) is 0. The molecule has 2 saturated carbocycles. The molecule has 0 spiro atoms. The molecule has 1 aliphatic heterocycles. The predicted molar refractivity (Wildman–Crippen MR) is 101 cm³/mol. The van der Waals surface area contributed by atoms with Gasteiger partial charge in [0.05, 0.1) is 10.8 Å². The van der Waals surface area contributed by atoms with Crippen molar-refractivity contribution in [1.29, 1.82) is 0 Å². The molecule has 4 rings (SSSR count). The molecule has 2 bridgehead atoms. The van der Waals surface area contributed by atoms with Gasteiger partial charge in [-0.15, -0.1) is 23.7 Å². The quantitative estimate of drug-likeness (QED) is 0.850. The van der Waals surface area contributed by atoms with Gasteiger partial charge in [-0.25, -0.2) is 0 Å². The van der Waals surface area contributed by atoms with E-state index in [1.165, 1.54) is 17.8 Å². The third-order valence-electron chi connectivity index (χ3n) is 6.10. The fraction of sp³-hybridized carbons (Fsp3) is 0.667. The van der Waals surface area contributed by atoms with E-state index in [0.29, 0.717) is 38.0 Å². The number of hydrogen-bond acceptors (Lipinski definition) is 4. The van der Waals surface area contributed by atoms with Gasteiger partial charge in [-0.05, 0) is 50.2 Å². The molecule has 138 valence electrons. The third kappa shape index (κ3) is 3.32. The molecular weight excluding hydrogens is 358 g/mol. The number of halogens is 1. The zero-order chi connectivity index (χ0) is 16.8. The van der Waals surface area contributed by atoms with Crippen LogP contribution in [0.3, 0.4) is 0 Å². The van der Waals surface area contributed by atoms with Crippen molar-refractivity contribution in [2.45, 2.75) is 32.2 Å². The van der Waals surface area contributed by atoms with E-state index in [4.69, 9.17) is 5.73 Å². The average molecular weight is 384 g/mol. The summed E-state index contributed by atoms with van der Waals surface area (Å²) in [5, 5.41) is 0. The normalized spacial score (nSPS) is 31.1. The molecule has 0 radical (unpaired) electrons. The summed E-state index contributed by atoms with van der Waals surface area (Å²) in [4.78, 5) is 31.2. The smallest absolute Gasteiger partial charge is 0.264 e. The third-order valence-corrected chi connectivity index (χ3v) is 7.08. The Morgan fingerprint density at radius 1 is 1.08 bits per heavy atom. The van der Waals surface area contributed by atoms with Gasteiger partial charge in [0.1, 0.15) is 0 Å². The van der Waals surface area contributed by atoms with Crippen molar-refractivity contribution >= 4 is 35.6 Å². The first kappa shape index (κ1) is 18.7. The largest absolute Gasteiger partial charge is 0.339 e. The van der Waals surface area contributed by atoms with E-state index >= 15 is 0 Å². The van der Waals surface area contributed by atoms with Gasteiger partial charge >= 0.3 is 0 Å². The van der Waals surface area contributed by atoms with Crippen molar-refractivity contribution in [2.75, 3.05) is 26.2 Å². The number of nitrogens with two attached hydrogens (primary N) is 1. The van der Waals surface area contributed by atoms with E-state index < -0.39 is 0 Å². The van der Waals surface area contributed by atoms with E-state index in [2.05, 4.69) is 0 Å². The lowest BCUT2D eigenvalue weighted by Crippen LogP contribution is -2.54. The Bertz CT molecular complexity index is 655. The summed E-state index contributed by atoms with van der Waals surface area (Å²) in [6.45, 7) is 4.52. The summed E-state index contributed by atoms with van der Waals surface area (Å²) < 4.78 is 0. The molecule has 1 aromatic rings. The van der Waals surface area contributed by atoms with Gasteiger partial charge in [0.2, 0.25) is 5.91 Å². The van der Waals surface area contributed by atoms with Crippen molar-refractivity contribution in [2.24, 2.45) is 23.5 Å². The summed E-state index contributed by atoms with van der Waals surface area (Å²) in [5.41, 5.74) is 6.31. The average Bonchev–Trinajstić information content (AvgIpc) is 3.30. The Kier molecular flexibility index (Phi) is 5.42. The van der Waals surface area contributed by atoms with Crippen LogP contribution in [0.5, 0.6) is 0 Å². The highest BCUT2D eigenvalue weighted by Gasteiger charge is 2.50. The first-order valence-electron chi connectivity index (χ1n) is 8.94. The van der Waals surface area contributed by atoms with Gasteiger partial charge in [-0.2, -0.15) is 0 Å². The van der Waals surface area contributed by atoms with Crippen LogP contribution < -0.4 is 5.73 Å². The van der Waals surface area contributed by atoms with Crippen molar-refractivity contribution in [3.05, 3.63) is 21.9 Å². The van der Waals surface area contributed by atoms with E-state index in [-0.39, 0.29) is 36.2 Å². The minimum absolute atomic E-state index is 0. The lowest BCUT2D eigenvalue weighted by atomic mass is 9.84. The van der Waals surface area contributed by atoms with Crippen LogP contribution in [0.1, 0.15) is 33.8 Å². The molecule has 2 amide bonds. The maximum Gasteiger partial charge on any atom is 0.264 e. The summed E-state index contributed by atoms with van der Waals surface area (Å²) in [6, 6.07) is 3.92. The van der Waals surface area contributed by atoms with Crippen LogP contribution in [0.25, 0.3) is 0 Å². The number of rotatable bonds is 2. The minimum Gasteiger partial charge on any atom is -0.339 e. The van der Waals surface area contributed by atoms with Crippen LogP contribution in [0.15, 0.2) is 12.1 Å². The Morgan fingerprint density at radius 3 is 2.28 bits per heavy atom. The Labute approximate surface area is 158 Å². The molecule has 3 aliphatic rings. The predicted octanol–water partition coefficient (Wildman–Crippen LogP) is 2.14. The van der Waals surface area contributed by atoms with Crippen LogP contribution in [0.2, 0.25) is 0 Å². The second-order valence-electron chi connectivity index (χ2n) is 7.46. The highest BCUT2D eigenvalue weighted by molar-refractivity contribution is 7.13. The molecule has 1 saturated heterocycles. The summed E-state index contributed by atoms with van der Waals surface area (Å²) in [6.07, 6.45) is 3.48. The van der Waals surface area contributed by atoms with Gasteiger partial charge in [0.15, 0.2) is 0 Å². The van der Waals surface area contributed by atoms with Crippen LogP contribution in [-0.4, -0.2) is 53.8 Å². The zero-order valence-corrected chi connectivity index (χ0v) is 16.2. The Balaban J connectivity index is 0.00000182. The lowest BCUT2D eigenvalue weighted by Gasteiger charge is -2.38. The summed E-state index contributed by atoms with van der Waals surface area (Å²) in [5.74, 6) is 1.39. The van der Waals surface area contributed by atoms with E-state index in [9.17, 15) is 9.59 Å². The van der Waals surface area contributed by atoms with Gasteiger partial charge in [-0.1, -0.05) is 0 Å². The Hall–Kier alpha value is -1.11. The second-order valence-corrected chi connectivity index (χ2v) is 8.75. The molecule has 1 aromatic heterocycles. The molecule has 3 fully saturated rings. The second kappa shape index (κ2) is 7.25. The van der Waals surface area contributed by atoms with Crippen LogP contribution >= 0.6 is 23.7 Å². The molecule has 25 heavy (non-hydrogen) atoms. The minimum atomic E-state index is 0. The fourth-order valence-corrected chi connectivity index (χ4v) is 5.58. The number of piperazine rings is 1. The zero-order valence-electron chi connectivity index (χ0n) is 14.5. The van der Waals surface area contributed by atoms with E-state index in [0.717, 1.165) is 22.6 Å². The molecule has 5 nitrogen and oxygen atoms in total. The first-order valence-corrected chi connectivity index (χ1v) is 9.76. The van der Waals surface area contributed by atoms with Gasteiger partial charge in [0.25, 0.3) is 5.91 Å². The van der Waals surface area contributed by atoms with Crippen LogP contribution in [0, 0.1) is 24.7 Å². The maximum atomic E-state index is 12.9. The molecule has 7 heteroatoms. The highest BCUT2D eigenvalue weighted by atomic mass is 35.5. The fourth-order valence-electron chi connectivity index (χ4n) is 4.75. The molecule has 2 N–H and O–H groups in total. The maximum absolute atomic E-state index is 12.9. The van der Waals surface area contributed by atoms with Crippen molar-refractivity contribution in [3.63, 3.8) is 0 Å². The van der Waals surface area contributed by atoms with Gasteiger partial charge in [-0.3, -0.25) is 9.59 Å². The van der Waals surface area contributed by atoms with Crippen molar-refractivity contribution in [3.8, 4) is 0 Å². The van der Waals surface area contributed by atoms with E-state index in [1.807, 2.05) is 28.9 Å². The number of amides is 2. The molecular formula is C18H26ClN3O2S. The monoisotopic (exact) mass is 383 g/mol. The highest BCUT2D eigenvalue weighted by Crippen LogP contribution is 2.48. The number of nitrogens with zero attached hydrogens (tertiary/aromatic N) is 2. The number of aryl methyl sites for hydroxylation is 1. The van der Waals surface area contributed by atoms with Crippen LogP contribution in [-0.2, 0) is 4.79 Å².